The Morgan fingerprint density at radius 1 is 1.25 bits per heavy atom. The number of hydrogen-bond acceptors (Lipinski definition) is 6. The van der Waals surface area contributed by atoms with Crippen LogP contribution in [-0.2, 0) is 4.79 Å². The van der Waals surface area contributed by atoms with Crippen LogP contribution in [0, 0.1) is 10.1 Å². The second-order valence-corrected chi connectivity index (χ2v) is 8.30. The summed E-state index contributed by atoms with van der Waals surface area (Å²) >= 11 is 10.1. The Labute approximate surface area is 186 Å². The van der Waals surface area contributed by atoms with Gasteiger partial charge in [0.15, 0.2) is 6.61 Å². The van der Waals surface area contributed by atoms with Gasteiger partial charge in [-0.25, -0.2) is 5.43 Å². The molecule has 148 valence electrons. The summed E-state index contributed by atoms with van der Waals surface area (Å²) in [6, 6.07) is 8.00. The van der Waals surface area contributed by atoms with Gasteiger partial charge < -0.3 is 9.64 Å². The Bertz CT molecular complexity index is 912. The third-order valence-corrected chi connectivity index (χ3v) is 5.04. The normalized spacial score (nSPS) is 10.8. The highest BCUT2D eigenvalue weighted by Crippen LogP contribution is 2.36. The first kappa shape index (κ1) is 22.3. The first-order valence-electron chi connectivity index (χ1n) is 7.74. The van der Waals surface area contributed by atoms with Crippen molar-refractivity contribution in [3.63, 3.8) is 0 Å². The van der Waals surface area contributed by atoms with Gasteiger partial charge in [-0.2, -0.15) is 5.10 Å². The number of ether oxygens (including phenoxy) is 1. The van der Waals surface area contributed by atoms with Gasteiger partial charge in [0, 0.05) is 42.0 Å². The third kappa shape index (κ3) is 6.01. The van der Waals surface area contributed by atoms with Crippen LogP contribution < -0.4 is 15.1 Å². The van der Waals surface area contributed by atoms with E-state index in [9.17, 15) is 14.9 Å². The van der Waals surface area contributed by atoms with E-state index >= 15 is 0 Å². The summed E-state index contributed by atoms with van der Waals surface area (Å²) in [4.78, 5) is 24.2. The molecule has 1 N–H and O–H groups in total. The van der Waals surface area contributed by atoms with Crippen LogP contribution in [0.2, 0.25) is 0 Å². The number of carbonyl (C=O) groups excluding carboxylic acids is 1. The summed E-state index contributed by atoms with van der Waals surface area (Å²) < 4.78 is 7.71. The average molecular weight is 579 g/mol. The van der Waals surface area contributed by atoms with Gasteiger partial charge in [0.1, 0.15) is 5.75 Å². The van der Waals surface area contributed by atoms with Crippen molar-refractivity contribution in [3.8, 4) is 5.75 Å². The van der Waals surface area contributed by atoms with E-state index in [1.807, 2.05) is 0 Å². The predicted molar refractivity (Wildman–Crippen MR) is 118 cm³/mol. The van der Waals surface area contributed by atoms with Crippen molar-refractivity contribution in [2.45, 2.75) is 0 Å². The molecule has 0 bridgehead atoms. The first-order chi connectivity index (χ1) is 13.2. The number of anilines is 1. The molecule has 0 unspecified atom stereocenters. The van der Waals surface area contributed by atoms with Gasteiger partial charge in [-0.3, -0.25) is 14.9 Å². The number of benzene rings is 2. The molecule has 0 spiro atoms. The van der Waals surface area contributed by atoms with Gasteiger partial charge in [-0.05, 0) is 50.1 Å². The molecule has 0 atom stereocenters. The molecular weight excluding hydrogens is 564 g/mol. The zero-order valence-electron chi connectivity index (χ0n) is 14.8. The third-order valence-electron chi connectivity index (χ3n) is 3.41. The Morgan fingerprint density at radius 3 is 2.46 bits per heavy atom. The monoisotopic (exact) mass is 576 g/mol. The van der Waals surface area contributed by atoms with Crippen molar-refractivity contribution < 1.29 is 14.5 Å². The number of amides is 1. The second kappa shape index (κ2) is 9.99. The number of hydrogen-bond donors (Lipinski definition) is 1. The zero-order valence-corrected chi connectivity index (χ0v) is 19.5. The van der Waals surface area contributed by atoms with E-state index in [0.29, 0.717) is 20.3 Å². The summed E-state index contributed by atoms with van der Waals surface area (Å²) in [5, 5.41) is 14.8. The van der Waals surface area contributed by atoms with Crippen LogP contribution in [0.4, 0.5) is 11.4 Å². The number of nitro benzene ring substituents is 1. The highest BCUT2D eigenvalue weighted by molar-refractivity contribution is 9.11. The molecule has 0 aliphatic heterocycles. The van der Waals surface area contributed by atoms with E-state index in [1.54, 1.807) is 37.2 Å². The fraction of sp³-hybridized carbons (Fsp3) is 0.176. The fourth-order valence-corrected chi connectivity index (χ4v) is 4.66. The molecule has 0 fully saturated rings. The Hall–Kier alpha value is -1.98. The van der Waals surface area contributed by atoms with Crippen LogP contribution in [0.15, 0.2) is 48.9 Å². The molecule has 2 rings (SSSR count). The smallest absolute Gasteiger partial charge is 0.277 e. The van der Waals surface area contributed by atoms with Gasteiger partial charge >= 0.3 is 0 Å². The van der Waals surface area contributed by atoms with Crippen molar-refractivity contribution in [2.24, 2.45) is 5.10 Å². The van der Waals surface area contributed by atoms with Gasteiger partial charge in [-0.1, -0.05) is 15.9 Å². The van der Waals surface area contributed by atoms with Gasteiger partial charge in [0.2, 0.25) is 0 Å². The van der Waals surface area contributed by atoms with Gasteiger partial charge in [-0.15, -0.1) is 0 Å². The number of halogens is 3. The quantitative estimate of drug-likeness (QED) is 0.297. The minimum atomic E-state index is -0.489. The topological polar surface area (TPSA) is 97.1 Å². The van der Waals surface area contributed by atoms with Crippen molar-refractivity contribution in [1.29, 1.82) is 0 Å². The first-order valence-corrected chi connectivity index (χ1v) is 10.1. The highest BCUT2D eigenvalue weighted by atomic mass is 79.9. The van der Waals surface area contributed by atoms with Crippen LogP contribution in [0.1, 0.15) is 5.56 Å². The largest absolute Gasteiger partial charge is 0.481 e. The molecular formula is C17H15Br3N4O4. The summed E-state index contributed by atoms with van der Waals surface area (Å²) in [5.41, 5.74) is 3.50. The Balaban J connectivity index is 2.04. The molecule has 2 aromatic carbocycles. The van der Waals surface area contributed by atoms with E-state index in [0.717, 1.165) is 10.2 Å². The molecule has 0 saturated heterocycles. The molecule has 0 aliphatic rings. The molecule has 11 heteroatoms. The summed E-state index contributed by atoms with van der Waals surface area (Å²) in [5.74, 6) is 0.00529. The Kier molecular flexibility index (Phi) is 7.96. The number of nitro groups is 1. The molecule has 8 nitrogen and oxygen atoms in total. The minimum Gasteiger partial charge on any atom is -0.481 e. The van der Waals surface area contributed by atoms with E-state index in [1.165, 1.54) is 18.3 Å². The predicted octanol–water partition coefficient (Wildman–Crippen LogP) is 4.48. The number of nitrogens with zero attached hydrogens (tertiary/aromatic N) is 3. The Morgan fingerprint density at radius 2 is 1.89 bits per heavy atom. The molecule has 0 aromatic heterocycles. The number of nitrogens with one attached hydrogen (secondary N) is 1. The lowest BCUT2D eigenvalue weighted by Crippen LogP contribution is -2.25. The molecule has 0 radical (unpaired) electrons. The average Bonchev–Trinajstić information content (AvgIpc) is 2.60. The SMILES string of the molecule is CN(C)c1ccc([N+](=O)[O-])cc1/C=N\NC(=O)COc1c(Br)cc(Br)cc1Br. The highest BCUT2D eigenvalue weighted by Gasteiger charge is 2.12. The number of rotatable bonds is 7. The number of carbonyl (C=O) groups is 1. The molecule has 0 saturated carbocycles. The van der Waals surface area contributed by atoms with Gasteiger partial charge in [0.05, 0.1) is 20.1 Å². The lowest BCUT2D eigenvalue weighted by atomic mass is 10.1. The van der Waals surface area contributed by atoms with Crippen LogP contribution in [0.3, 0.4) is 0 Å². The number of non-ortho nitro benzene ring substituents is 1. The van der Waals surface area contributed by atoms with Crippen LogP contribution in [0.25, 0.3) is 0 Å². The lowest BCUT2D eigenvalue weighted by Gasteiger charge is -2.15. The van der Waals surface area contributed by atoms with Crippen molar-refractivity contribution >= 4 is 71.3 Å². The van der Waals surface area contributed by atoms with Crippen molar-refractivity contribution in [3.05, 3.63) is 59.4 Å². The van der Waals surface area contributed by atoms with E-state index in [2.05, 4.69) is 58.3 Å². The lowest BCUT2D eigenvalue weighted by molar-refractivity contribution is -0.384. The second-order valence-electron chi connectivity index (χ2n) is 5.68. The van der Waals surface area contributed by atoms with Gasteiger partial charge in [0.25, 0.3) is 11.6 Å². The maximum Gasteiger partial charge on any atom is 0.277 e. The fourth-order valence-electron chi connectivity index (χ4n) is 2.18. The minimum absolute atomic E-state index is 0.0633. The van der Waals surface area contributed by atoms with Crippen LogP contribution in [-0.4, -0.2) is 37.7 Å². The maximum atomic E-state index is 12.0. The number of hydrazone groups is 1. The van der Waals surface area contributed by atoms with E-state index < -0.39 is 10.8 Å². The molecule has 1 amide bonds. The van der Waals surface area contributed by atoms with Crippen LogP contribution >= 0.6 is 47.8 Å². The molecule has 0 aliphatic carbocycles. The van der Waals surface area contributed by atoms with Crippen LogP contribution in [0.5, 0.6) is 5.75 Å². The molecule has 28 heavy (non-hydrogen) atoms. The summed E-state index contributed by atoms with van der Waals surface area (Å²) in [7, 11) is 3.61. The van der Waals surface area contributed by atoms with Crippen molar-refractivity contribution in [1.82, 2.24) is 5.43 Å². The molecule has 0 heterocycles. The van der Waals surface area contributed by atoms with E-state index in [-0.39, 0.29) is 12.3 Å². The summed E-state index contributed by atoms with van der Waals surface area (Å²) in [6.45, 7) is -0.258. The summed E-state index contributed by atoms with van der Waals surface area (Å²) in [6.07, 6.45) is 1.35. The van der Waals surface area contributed by atoms with E-state index in [4.69, 9.17) is 4.74 Å². The zero-order chi connectivity index (χ0) is 20.8. The molecule has 2 aromatic rings. The van der Waals surface area contributed by atoms with Crippen molar-refractivity contribution in [2.75, 3.05) is 25.6 Å². The standard InChI is InChI=1S/C17H15Br3N4O4/c1-23(2)15-4-3-12(24(26)27)5-10(15)8-21-22-16(25)9-28-17-13(19)6-11(18)7-14(17)20/h3-8H,9H2,1-2H3,(H,22,25)/b21-8-. The maximum absolute atomic E-state index is 12.0.